The van der Waals surface area contributed by atoms with Gasteiger partial charge in [-0.15, -0.1) is 12.4 Å². The molecule has 0 saturated heterocycles. The van der Waals surface area contributed by atoms with E-state index in [4.69, 9.17) is 23.7 Å². The number of halogens is 1. The van der Waals surface area contributed by atoms with Gasteiger partial charge in [0.1, 0.15) is 28.5 Å². The topological polar surface area (TPSA) is 208 Å². The van der Waals surface area contributed by atoms with Gasteiger partial charge in [-0.25, -0.2) is 9.59 Å². The number of Topliss-reactive ketones (excluding diaryl/α,β-unsaturated/α-hetero) is 1. The number of methoxy groups -OCH3 is 2. The average Bonchev–Trinajstić information content (AvgIpc) is 2.94. The lowest BCUT2D eigenvalue weighted by Gasteiger charge is -2.20. The van der Waals surface area contributed by atoms with Gasteiger partial charge in [-0.1, -0.05) is 19.9 Å². The zero-order valence-electron chi connectivity index (χ0n) is 29.3. The second-order valence-corrected chi connectivity index (χ2v) is 12.1. The number of ether oxygens (including phenoxy) is 5. The summed E-state index contributed by atoms with van der Waals surface area (Å²) < 4.78 is 26.0. The van der Waals surface area contributed by atoms with Crippen LogP contribution in [0.25, 0.3) is 5.76 Å². The van der Waals surface area contributed by atoms with E-state index >= 15 is 0 Å². The summed E-state index contributed by atoms with van der Waals surface area (Å²) in [5.41, 5.74) is -1.83. The molecule has 0 aromatic heterocycles. The zero-order valence-corrected chi connectivity index (χ0v) is 30.2. The number of unbranched alkanes of at least 4 members (excludes halogenated alkanes) is 1. The van der Waals surface area contributed by atoms with Crippen molar-refractivity contribution in [1.82, 2.24) is 0 Å². The summed E-state index contributed by atoms with van der Waals surface area (Å²) in [5, 5.41) is 27.4. The van der Waals surface area contributed by atoms with Crippen LogP contribution in [0.1, 0.15) is 84.2 Å². The molecule has 2 amide bonds. The number of rotatable bonds is 12. The third-order valence-electron chi connectivity index (χ3n) is 5.75. The van der Waals surface area contributed by atoms with Crippen LogP contribution in [0.2, 0.25) is 0 Å². The van der Waals surface area contributed by atoms with Crippen molar-refractivity contribution < 1.29 is 47.9 Å². The molecule has 0 aliphatic carbocycles. The highest BCUT2D eigenvalue weighted by atomic mass is 35.5. The minimum atomic E-state index is -0.782. The quantitative estimate of drug-likeness (QED) is 0.0700. The number of ketones is 1. The maximum Gasteiger partial charge on any atom is 0.412 e. The summed E-state index contributed by atoms with van der Waals surface area (Å²) in [5.74, 6) is 0.0550. The summed E-state index contributed by atoms with van der Waals surface area (Å²) in [6.07, 6.45) is 0.214. The van der Waals surface area contributed by atoms with E-state index in [1.54, 1.807) is 41.5 Å². The minimum Gasteiger partial charge on any atom is -0.495 e. The predicted molar refractivity (Wildman–Crippen MR) is 186 cm³/mol. The molecule has 0 fully saturated rings. The minimum absolute atomic E-state index is 0. The standard InChI is InChI=1S/C18H26N2O6.C14H18N2O6.ClH/c1-7-8-9-25-12(2)13-10-16(24-6)14(11-15(13)20(22)23)19-17(21)26-18(3,4)5;1-8(17)9-6-12(21-5)10(7-11(9)16(19)20)15-13(18)22-14(2,3)4;/h10-11H,2,7-9H2,1,3-6H3,(H,19,21);6-7H,1-5H3,(H,15,18);1H. The molecular formula is C32H45ClN4O12. The number of hydrogen-bond acceptors (Lipinski definition) is 12. The van der Waals surface area contributed by atoms with E-state index in [1.165, 1.54) is 39.3 Å². The van der Waals surface area contributed by atoms with Gasteiger partial charge >= 0.3 is 12.2 Å². The first-order valence-corrected chi connectivity index (χ1v) is 14.7. The number of nitro benzene ring substituents is 2. The molecule has 0 bridgehead atoms. The van der Waals surface area contributed by atoms with Crippen molar-refractivity contribution >= 4 is 58.9 Å². The number of nitrogens with zero attached hydrogens (tertiary/aromatic N) is 2. The summed E-state index contributed by atoms with van der Waals surface area (Å²) >= 11 is 0. The van der Waals surface area contributed by atoms with Crippen molar-refractivity contribution in [2.45, 2.75) is 79.4 Å². The van der Waals surface area contributed by atoms with Crippen molar-refractivity contribution in [1.29, 1.82) is 0 Å². The molecule has 17 heteroatoms. The van der Waals surface area contributed by atoms with E-state index in [9.17, 15) is 34.6 Å². The lowest BCUT2D eigenvalue weighted by molar-refractivity contribution is -0.385. The smallest absolute Gasteiger partial charge is 0.412 e. The molecule has 2 N–H and O–H groups in total. The first-order valence-electron chi connectivity index (χ1n) is 14.7. The van der Waals surface area contributed by atoms with Gasteiger partial charge in [-0.2, -0.15) is 0 Å². The Labute approximate surface area is 291 Å². The largest absolute Gasteiger partial charge is 0.495 e. The van der Waals surface area contributed by atoms with Crippen LogP contribution in [-0.2, 0) is 14.2 Å². The Morgan fingerprint density at radius 2 is 1.16 bits per heavy atom. The van der Waals surface area contributed by atoms with Crippen LogP contribution in [-0.4, -0.2) is 59.8 Å². The number of carbonyl (C=O) groups excluding carboxylic acids is 3. The van der Waals surface area contributed by atoms with E-state index in [2.05, 4.69) is 17.2 Å². The average molecular weight is 713 g/mol. The Bertz CT molecular complexity index is 1530. The van der Waals surface area contributed by atoms with Gasteiger partial charge < -0.3 is 23.7 Å². The second-order valence-electron chi connectivity index (χ2n) is 12.1. The molecule has 0 saturated carbocycles. The van der Waals surface area contributed by atoms with E-state index in [0.717, 1.165) is 18.9 Å². The van der Waals surface area contributed by atoms with Crippen LogP contribution < -0.4 is 20.1 Å². The highest BCUT2D eigenvalue weighted by Crippen LogP contribution is 2.37. The number of hydrogen-bond donors (Lipinski definition) is 2. The first-order chi connectivity index (χ1) is 22.1. The monoisotopic (exact) mass is 712 g/mol. The molecule has 0 heterocycles. The molecule has 49 heavy (non-hydrogen) atoms. The van der Waals surface area contributed by atoms with E-state index in [0.29, 0.717) is 6.61 Å². The molecule has 0 radical (unpaired) electrons. The molecule has 0 atom stereocenters. The summed E-state index contributed by atoms with van der Waals surface area (Å²) in [7, 11) is 2.72. The fourth-order valence-electron chi connectivity index (χ4n) is 3.72. The molecule has 272 valence electrons. The van der Waals surface area contributed by atoms with Crippen LogP contribution in [0, 0.1) is 20.2 Å². The number of anilines is 2. The molecule has 0 aliphatic heterocycles. The van der Waals surface area contributed by atoms with Crippen molar-refractivity contribution in [3.8, 4) is 11.5 Å². The Morgan fingerprint density at radius 3 is 1.49 bits per heavy atom. The summed E-state index contributed by atoms with van der Waals surface area (Å²) in [6.45, 7) is 17.6. The lowest BCUT2D eigenvalue weighted by atomic mass is 10.1. The van der Waals surface area contributed by atoms with Crippen LogP contribution in [0.15, 0.2) is 30.8 Å². The Balaban J connectivity index is 0.000000934. The van der Waals surface area contributed by atoms with Gasteiger partial charge in [0, 0.05) is 18.2 Å². The molecule has 2 aromatic carbocycles. The SMILES string of the molecule is C=C(OCCCC)c1cc(OC)c(NC(=O)OC(C)(C)C)cc1[N+](=O)[O-].COc1cc(C(C)=O)c([N+](=O)[O-])cc1NC(=O)OC(C)(C)C.Cl. The maximum absolute atomic E-state index is 12.0. The van der Waals surface area contributed by atoms with Crippen molar-refractivity contribution in [3.63, 3.8) is 0 Å². The van der Waals surface area contributed by atoms with Crippen LogP contribution in [0.4, 0.5) is 32.3 Å². The van der Waals surface area contributed by atoms with Crippen LogP contribution in [0.5, 0.6) is 11.5 Å². The highest BCUT2D eigenvalue weighted by molar-refractivity contribution is 6.00. The third kappa shape index (κ3) is 14.7. The zero-order chi connectivity index (χ0) is 37.0. The fourth-order valence-corrected chi connectivity index (χ4v) is 3.72. The van der Waals surface area contributed by atoms with Gasteiger partial charge in [0.05, 0.1) is 53.2 Å². The van der Waals surface area contributed by atoms with Crippen LogP contribution in [0.3, 0.4) is 0 Å². The Morgan fingerprint density at radius 1 is 0.776 bits per heavy atom. The first kappa shape index (κ1) is 43.9. The predicted octanol–water partition coefficient (Wildman–Crippen LogP) is 8.31. The molecule has 0 aliphatic rings. The molecule has 16 nitrogen and oxygen atoms in total. The van der Waals surface area contributed by atoms with Gasteiger partial charge in [0.15, 0.2) is 5.78 Å². The van der Waals surface area contributed by atoms with E-state index in [1.807, 2.05) is 6.92 Å². The maximum atomic E-state index is 12.0. The summed E-state index contributed by atoms with van der Waals surface area (Å²) in [4.78, 5) is 56.5. The number of nitro groups is 2. The van der Waals surface area contributed by atoms with Gasteiger partial charge in [-0.3, -0.25) is 35.7 Å². The van der Waals surface area contributed by atoms with Crippen LogP contribution >= 0.6 is 12.4 Å². The Kier molecular flexibility index (Phi) is 17.0. The van der Waals surface area contributed by atoms with Gasteiger partial charge in [0.2, 0.25) is 0 Å². The highest BCUT2D eigenvalue weighted by Gasteiger charge is 2.26. The normalized spacial score (nSPS) is 10.6. The van der Waals surface area contributed by atoms with E-state index in [-0.39, 0.29) is 57.9 Å². The van der Waals surface area contributed by atoms with E-state index < -0.39 is 44.7 Å². The number of benzene rings is 2. The molecule has 2 aromatic rings. The number of carbonyl (C=O) groups is 3. The van der Waals surface area contributed by atoms with Gasteiger partial charge in [-0.05, 0) is 61.0 Å². The lowest BCUT2D eigenvalue weighted by Crippen LogP contribution is -2.27. The molecular weight excluding hydrogens is 668 g/mol. The molecule has 0 unspecified atom stereocenters. The molecule has 2 rings (SSSR count). The number of nitrogens with one attached hydrogen (secondary N) is 2. The van der Waals surface area contributed by atoms with Gasteiger partial charge in [0.25, 0.3) is 11.4 Å². The Hall–Kier alpha value is -5.12. The third-order valence-corrected chi connectivity index (χ3v) is 5.75. The second kappa shape index (κ2) is 19.0. The van der Waals surface area contributed by atoms with Crippen molar-refractivity contribution in [2.75, 3.05) is 31.5 Å². The number of amides is 2. The summed E-state index contributed by atoms with van der Waals surface area (Å²) in [6, 6.07) is 4.90. The fraction of sp³-hybridized carbons (Fsp3) is 0.469. The van der Waals surface area contributed by atoms with Crippen molar-refractivity contribution in [3.05, 3.63) is 62.2 Å². The van der Waals surface area contributed by atoms with Crippen molar-refractivity contribution in [2.24, 2.45) is 0 Å². The molecule has 0 spiro atoms.